The van der Waals surface area contributed by atoms with E-state index in [1.807, 2.05) is 34.5 Å². The second kappa shape index (κ2) is 11.9. The summed E-state index contributed by atoms with van der Waals surface area (Å²) in [5.74, 6) is 0.0609. The maximum atomic E-state index is 12.8. The Bertz CT molecular complexity index is 1300. The van der Waals surface area contributed by atoms with Gasteiger partial charge in [0.05, 0.1) is 32.7 Å². The van der Waals surface area contributed by atoms with Crippen molar-refractivity contribution in [3.8, 4) is 5.75 Å². The Hall–Kier alpha value is -2.18. The van der Waals surface area contributed by atoms with Crippen LogP contribution in [0.25, 0.3) is 0 Å². The van der Waals surface area contributed by atoms with Gasteiger partial charge in [-0.1, -0.05) is 33.6 Å². The van der Waals surface area contributed by atoms with Crippen LogP contribution in [0.2, 0.25) is 5.02 Å². The lowest BCUT2D eigenvalue weighted by Gasteiger charge is -2.36. The van der Waals surface area contributed by atoms with Crippen molar-refractivity contribution < 1.29 is 14.3 Å². The summed E-state index contributed by atoms with van der Waals surface area (Å²) in [5.41, 5.74) is 1.85. The number of carbonyl (C=O) groups excluding carboxylic acids is 2. The van der Waals surface area contributed by atoms with E-state index in [-0.39, 0.29) is 11.0 Å². The van der Waals surface area contributed by atoms with Crippen LogP contribution in [0.15, 0.2) is 56.8 Å². The molecule has 2 amide bonds. The van der Waals surface area contributed by atoms with Gasteiger partial charge in [-0.15, -0.1) is 11.3 Å². The molecule has 1 aliphatic rings. The predicted molar refractivity (Wildman–Crippen MR) is 156 cm³/mol. The largest absolute Gasteiger partial charge is 0.495 e. The summed E-state index contributed by atoms with van der Waals surface area (Å²) in [4.78, 5) is 30.1. The van der Waals surface area contributed by atoms with Crippen molar-refractivity contribution in [3.63, 3.8) is 0 Å². The third kappa shape index (κ3) is 6.20. The number of amides is 2. The molecule has 7 nitrogen and oxygen atoms in total. The number of benzene rings is 2. The van der Waals surface area contributed by atoms with E-state index in [4.69, 9.17) is 28.6 Å². The van der Waals surface area contributed by atoms with Crippen molar-refractivity contribution in [1.29, 1.82) is 0 Å². The number of nitrogens with zero attached hydrogens (tertiary/aromatic N) is 2. The summed E-state index contributed by atoms with van der Waals surface area (Å²) in [6.45, 7) is 2.61. The Balaban J connectivity index is 1.36. The predicted octanol–water partition coefficient (Wildman–Crippen LogP) is 6.02. The number of thiophene rings is 1. The molecule has 2 aromatic carbocycles. The van der Waals surface area contributed by atoms with E-state index in [0.717, 1.165) is 15.0 Å². The minimum atomic E-state index is -0.413. The first-order valence-corrected chi connectivity index (χ1v) is 14.0. The van der Waals surface area contributed by atoms with Gasteiger partial charge in [0.25, 0.3) is 11.8 Å². The Morgan fingerprint density at radius 2 is 1.86 bits per heavy atom. The zero-order valence-electron chi connectivity index (χ0n) is 19.0. The summed E-state index contributed by atoms with van der Waals surface area (Å²) in [6.07, 6.45) is 0. The van der Waals surface area contributed by atoms with Gasteiger partial charge in [0.15, 0.2) is 5.11 Å². The molecule has 188 valence electrons. The van der Waals surface area contributed by atoms with E-state index in [0.29, 0.717) is 52.7 Å². The van der Waals surface area contributed by atoms with E-state index in [1.54, 1.807) is 18.2 Å². The standard InChI is InChI=1S/C24H21Br2ClN4O3S2/c1-34-21-16(11-14(25)12-17(21)26)22(32)29-24(35)28-15-4-5-19(18(27)13-15)30-6-8-31(9-7-30)23(33)20-3-2-10-36-20/h2-5,10-13H,6-9H2,1H3,(H2,28,29,32,35). The average molecular weight is 673 g/mol. The molecule has 0 spiro atoms. The normalized spacial score (nSPS) is 13.3. The lowest BCUT2D eigenvalue weighted by molar-refractivity contribution is 0.0751. The monoisotopic (exact) mass is 670 g/mol. The van der Waals surface area contributed by atoms with Gasteiger partial charge in [-0.25, -0.2) is 0 Å². The number of carbonyl (C=O) groups is 2. The number of ether oxygens (including phenoxy) is 1. The van der Waals surface area contributed by atoms with Gasteiger partial charge in [-0.3, -0.25) is 14.9 Å². The van der Waals surface area contributed by atoms with Crippen LogP contribution in [-0.4, -0.2) is 55.1 Å². The van der Waals surface area contributed by atoms with Crippen LogP contribution >= 0.6 is 67.0 Å². The van der Waals surface area contributed by atoms with Crippen LogP contribution in [0.1, 0.15) is 20.0 Å². The second-order valence-corrected chi connectivity index (χ2v) is 11.3. The molecular formula is C24H21Br2ClN4O3S2. The minimum absolute atomic E-state index is 0.0682. The van der Waals surface area contributed by atoms with Gasteiger partial charge in [0, 0.05) is 36.3 Å². The molecule has 3 aromatic rings. The minimum Gasteiger partial charge on any atom is -0.495 e. The van der Waals surface area contributed by atoms with Crippen molar-refractivity contribution in [2.24, 2.45) is 0 Å². The summed E-state index contributed by atoms with van der Waals surface area (Å²) in [5, 5.41) is 8.25. The topological polar surface area (TPSA) is 73.9 Å². The van der Waals surface area contributed by atoms with E-state index >= 15 is 0 Å². The van der Waals surface area contributed by atoms with Crippen LogP contribution in [0.4, 0.5) is 11.4 Å². The van der Waals surface area contributed by atoms with Crippen molar-refractivity contribution in [1.82, 2.24) is 10.2 Å². The molecule has 1 aliphatic heterocycles. The van der Waals surface area contributed by atoms with Crippen molar-refractivity contribution >= 4 is 95.3 Å². The van der Waals surface area contributed by atoms with Crippen molar-refractivity contribution in [2.75, 3.05) is 43.5 Å². The highest BCUT2D eigenvalue weighted by atomic mass is 79.9. The molecule has 0 radical (unpaired) electrons. The molecule has 0 bridgehead atoms. The number of rotatable bonds is 5. The Labute approximate surface area is 240 Å². The first-order chi connectivity index (χ1) is 17.3. The van der Waals surface area contributed by atoms with Gasteiger partial charge >= 0.3 is 0 Å². The highest BCUT2D eigenvalue weighted by Gasteiger charge is 2.24. The fraction of sp³-hybridized carbons (Fsp3) is 0.208. The smallest absolute Gasteiger partial charge is 0.264 e. The van der Waals surface area contributed by atoms with Crippen LogP contribution in [0, 0.1) is 0 Å². The van der Waals surface area contributed by atoms with E-state index < -0.39 is 5.91 Å². The number of hydrogen-bond donors (Lipinski definition) is 2. The molecule has 0 aliphatic carbocycles. The zero-order valence-corrected chi connectivity index (χ0v) is 24.6. The Morgan fingerprint density at radius 1 is 1.11 bits per heavy atom. The summed E-state index contributed by atoms with van der Waals surface area (Å²) >= 11 is 20.1. The van der Waals surface area contributed by atoms with Gasteiger partial charge in [-0.2, -0.15) is 0 Å². The number of piperazine rings is 1. The molecule has 36 heavy (non-hydrogen) atoms. The zero-order chi connectivity index (χ0) is 25.8. The third-order valence-electron chi connectivity index (χ3n) is 5.53. The van der Waals surface area contributed by atoms with Crippen LogP contribution in [0.3, 0.4) is 0 Å². The molecule has 0 unspecified atom stereocenters. The van der Waals surface area contributed by atoms with Gasteiger partial charge in [0.2, 0.25) is 0 Å². The molecule has 2 N–H and O–H groups in total. The highest BCUT2D eigenvalue weighted by molar-refractivity contribution is 9.11. The Morgan fingerprint density at radius 3 is 2.50 bits per heavy atom. The summed E-state index contributed by atoms with van der Waals surface area (Å²) < 4.78 is 6.70. The molecule has 1 saturated heterocycles. The van der Waals surface area contributed by atoms with Crippen molar-refractivity contribution in [3.05, 3.63) is 72.3 Å². The molecule has 12 heteroatoms. The molecular weight excluding hydrogens is 652 g/mol. The molecule has 1 fully saturated rings. The fourth-order valence-electron chi connectivity index (χ4n) is 3.82. The second-order valence-electron chi connectivity index (χ2n) is 7.80. The lowest BCUT2D eigenvalue weighted by atomic mass is 10.2. The molecule has 0 saturated carbocycles. The van der Waals surface area contributed by atoms with E-state index in [9.17, 15) is 9.59 Å². The van der Waals surface area contributed by atoms with Gasteiger partial charge < -0.3 is 19.9 Å². The third-order valence-corrected chi connectivity index (χ3v) is 7.94. The highest BCUT2D eigenvalue weighted by Crippen LogP contribution is 2.33. The summed E-state index contributed by atoms with van der Waals surface area (Å²) in [6, 6.07) is 12.7. The molecule has 2 heterocycles. The number of halogens is 3. The first kappa shape index (κ1) is 26.9. The van der Waals surface area contributed by atoms with Gasteiger partial charge in [-0.05, 0) is 69.9 Å². The first-order valence-electron chi connectivity index (χ1n) is 10.8. The van der Waals surface area contributed by atoms with Crippen molar-refractivity contribution in [2.45, 2.75) is 0 Å². The molecule has 0 atom stereocenters. The van der Waals surface area contributed by atoms with Crippen LogP contribution in [-0.2, 0) is 0 Å². The number of nitrogens with one attached hydrogen (secondary N) is 2. The quantitative estimate of drug-likeness (QED) is 0.323. The number of anilines is 2. The maximum absolute atomic E-state index is 12.8. The van der Waals surface area contributed by atoms with E-state index in [2.05, 4.69) is 47.4 Å². The van der Waals surface area contributed by atoms with Crippen LogP contribution in [0.5, 0.6) is 5.75 Å². The fourth-order valence-corrected chi connectivity index (χ4v) is 6.41. The average Bonchev–Trinajstić information content (AvgIpc) is 3.38. The lowest BCUT2D eigenvalue weighted by Crippen LogP contribution is -2.48. The number of thiocarbonyl (C=S) groups is 1. The molecule has 1 aromatic heterocycles. The SMILES string of the molecule is COc1c(Br)cc(Br)cc1C(=O)NC(=S)Nc1ccc(N2CCN(C(=O)c3cccs3)CC2)c(Cl)c1. The van der Waals surface area contributed by atoms with Crippen LogP contribution < -0.4 is 20.3 Å². The summed E-state index contributed by atoms with van der Waals surface area (Å²) in [7, 11) is 1.49. The number of hydrogen-bond acceptors (Lipinski definition) is 6. The van der Waals surface area contributed by atoms with Gasteiger partial charge in [0.1, 0.15) is 5.75 Å². The van der Waals surface area contributed by atoms with E-state index in [1.165, 1.54) is 18.4 Å². The Kier molecular flexibility index (Phi) is 8.89. The maximum Gasteiger partial charge on any atom is 0.264 e. The number of methoxy groups -OCH3 is 1. The molecule has 4 rings (SSSR count).